The van der Waals surface area contributed by atoms with Gasteiger partial charge in [0.2, 0.25) is 0 Å². The number of halogens is 1. The minimum absolute atomic E-state index is 0.0825. The van der Waals surface area contributed by atoms with Crippen LogP contribution in [0.15, 0.2) is 30.9 Å². The van der Waals surface area contributed by atoms with E-state index in [4.69, 9.17) is 16.7 Å². The number of nitrogens with zero attached hydrogens (tertiary/aromatic N) is 3. The molecular weight excluding hydrogens is 218 g/mol. The highest BCUT2D eigenvalue weighted by Gasteiger charge is 2.10. The highest BCUT2D eigenvalue weighted by Crippen LogP contribution is 2.12. The van der Waals surface area contributed by atoms with Crippen LogP contribution in [0.5, 0.6) is 0 Å². The summed E-state index contributed by atoms with van der Waals surface area (Å²) in [4.78, 5) is 18.4. The van der Waals surface area contributed by atoms with Crippen molar-refractivity contribution in [3.8, 4) is 5.69 Å². The number of hydrogen-bond donors (Lipinski definition) is 1. The van der Waals surface area contributed by atoms with Gasteiger partial charge < -0.3 is 5.11 Å². The third-order valence-corrected chi connectivity index (χ3v) is 2.07. The van der Waals surface area contributed by atoms with Crippen LogP contribution < -0.4 is 0 Å². The van der Waals surface area contributed by atoms with Gasteiger partial charge >= 0.3 is 5.97 Å². The first kappa shape index (κ1) is 9.67. The molecule has 0 aliphatic rings. The monoisotopic (exact) mass is 223 g/mol. The largest absolute Gasteiger partial charge is 0.477 e. The Balaban J connectivity index is 2.49. The molecule has 0 spiro atoms. The van der Waals surface area contributed by atoms with Gasteiger partial charge in [0, 0.05) is 0 Å². The number of pyridine rings is 1. The Hall–Kier alpha value is -1.88. The van der Waals surface area contributed by atoms with Gasteiger partial charge in [-0.1, -0.05) is 11.6 Å². The van der Waals surface area contributed by atoms with E-state index in [1.807, 2.05) is 0 Å². The van der Waals surface area contributed by atoms with Crippen LogP contribution in [0.1, 0.15) is 10.5 Å². The molecule has 0 aliphatic carbocycles. The fraction of sp³-hybridized carbons (Fsp3) is 0. The molecule has 76 valence electrons. The van der Waals surface area contributed by atoms with Crippen molar-refractivity contribution in [2.75, 3.05) is 0 Å². The third kappa shape index (κ3) is 1.82. The number of aromatic carboxylic acids is 1. The molecule has 0 aliphatic heterocycles. The lowest BCUT2D eigenvalue weighted by Gasteiger charge is -2.03. The Kier molecular flexibility index (Phi) is 2.39. The summed E-state index contributed by atoms with van der Waals surface area (Å²) in [5.74, 6) is -1.04. The first-order chi connectivity index (χ1) is 7.18. The number of imidazole rings is 1. The molecule has 0 amide bonds. The van der Waals surface area contributed by atoms with Crippen LogP contribution in [0.2, 0.25) is 5.15 Å². The van der Waals surface area contributed by atoms with Crippen molar-refractivity contribution < 1.29 is 9.90 Å². The quantitative estimate of drug-likeness (QED) is 0.786. The number of carbonyl (C=O) groups is 1. The van der Waals surface area contributed by atoms with E-state index >= 15 is 0 Å². The first-order valence-corrected chi connectivity index (χ1v) is 4.44. The summed E-state index contributed by atoms with van der Waals surface area (Å²) in [5.41, 5.74) is 0.688. The molecule has 15 heavy (non-hydrogen) atoms. The zero-order chi connectivity index (χ0) is 10.8. The minimum Gasteiger partial charge on any atom is -0.477 e. The molecule has 2 aromatic heterocycles. The summed E-state index contributed by atoms with van der Waals surface area (Å²) < 4.78 is 1.42. The van der Waals surface area contributed by atoms with E-state index in [1.54, 1.807) is 12.1 Å². The van der Waals surface area contributed by atoms with Crippen LogP contribution >= 0.6 is 11.6 Å². The second-order valence-corrected chi connectivity index (χ2v) is 3.18. The smallest absolute Gasteiger partial charge is 0.354 e. The van der Waals surface area contributed by atoms with Crippen molar-refractivity contribution in [2.24, 2.45) is 0 Å². The van der Waals surface area contributed by atoms with Crippen molar-refractivity contribution in [2.45, 2.75) is 0 Å². The normalized spacial score (nSPS) is 10.2. The zero-order valence-electron chi connectivity index (χ0n) is 7.46. The average Bonchev–Trinajstić information content (AvgIpc) is 2.67. The summed E-state index contributed by atoms with van der Waals surface area (Å²) in [6.07, 6.45) is 4.17. The molecule has 0 saturated heterocycles. The number of carboxylic acids is 1. The number of rotatable bonds is 2. The molecule has 0 unspecified atom stereocenters. The van der Waals surface area contributed by atoms with Gasteiger partial charge in [0.05, 0.1) is 24.4 Å². The predicted molar refractivity (Wildman–Crippen MR) is 53.3 cm³/mol. The zero-order valence-corrected chi connectivity index (χ0v) is 8.22. The van der Waals surface area contributed by atoms with Crippen molar-refractivity contribution in [1.82, 2.24) is 14.5 Å². The second kappa shape index (κ2) is 3.70. The molecule has 0 fully saturated rings. The topological polar surface area (TPSA) is 68.0 Å². The van der Waals surface area contributed by atoms with E-state index in [0.29, 0.717) is 10.8 Å². The Morgan fingerprint density at radius 2 is 2.20 bits per heavy atom. The van der Waals surface area contributed by atoms with Crippen molar-refractivity contribution >= 4 is 17.6 Å². The van der Waals surface area contributed by atoms with Crippen LogP contribution in [-0.4, -0.2) is 25.6 Å². The van der Waals surface area contributed by atoms with E-state index in [2.05, 4.69) is 9.97 Å². The van der Waals surface area contributed by atoms with Crippen LogP contribution in [0, 0.1) is 0 Å². The highest BCUT2D eigenvalue weighted by atomic mass is 35.5. The van der Waals surface area contributed by atoms with Gasteiger partial charge in [0.15, 0.2) is 5.69 Å². The molecule has 0 bridgehead atoms. The lowest BCUT2D eigenvalue weighted by molar-refractivity contribution is 0.0688. The van der Waals surface area contributed by atoms with E-state index < -0.39 is 5.97 Å². The van der Waals surface area contributed by atoms with E-state index in [9.17, 15) is 4.79 Å². The van der Waals surface area contributed by atoms with Gasteiger partial charge in [-0.25, -0.2) is 14.8 Å². The summed E-state index contributed by atoms with van der Waals surface area (Å²) in [6, 6.07) is 3.26. The van der Waals surface area contributed by atoms with E-state index in [1.165, 1.54) is 23.3 Å². The van der Waals surface area contributed by atoms with Gasteiger partial charge in [-0.05, 0) is 12.1 Å². The van der Waals surface area contributed by atoms with Crippen molar-refractivity contribution in [3.63, 3.8) is 0 Å². The fourth-order valence-electron chi connectivity index (χ4n) is 1.17. The predicted octanol–water partition coefficient (Wildman–Crippen LogP) is 1.62. The summed E-state index contributed by atoms with van der Waals surface area (Å²) in [5, 5.41) is 9.22. The molecule has 2 heterocycles. The molecular formula is C9H6ClN3O2. The van der Waals surface area contributed by atoms with Crippen LogP contribution in [0.3, 0.4) is 0 Å². The molecule has 2 aromatic rings. The van der Waals surface area contributed by atoms with E-state index in [0.717, 1.165) is 0 Å². The Morgan fingerprint density at radius 1 is 1.40 bits per heavy atom. The SMILES string of the molecule is O=C(O)c1cncn1-c1ccc(Cl)nc1. The van der Waals surface area contributed by atoms with Gasteiger partial charge in [0.25, 0.3) is 0 Å². The lowest BCUT2D eigenvalue weighted by atomic mass is 10.4. The standard InChI is InChI=1S/C9H6ClN3O2/c10-8-2-1-6(3-12-8)13-5-11-4-7(13)9(14)15/h1-5H,(H,14,15). The van der Waals surface area contributed by atoms with Gasteiger partial charge in [-0.2, -0.15) is 0 Å². The van der Waals surface area contributed by atoms with Crippen LogP contribution in [0.4, 0.5) is 0 Å². The molecule has 0 atom stereocenters. The molecule has 5 nitrogen and oxygen atoms in total. The van der Waals surface area contributed by atoms with Gasteiger partial charge in [0.1, 0.15) is 5.15 Å². The number of hydrogen-bond acceptors (Lipinski definition) is 3. The molecule has 0 radical (unpaired) electrons. The van der Waals surface area contributed by atoms with Gasteiger partial charge in [-0.15, -0.1) is 0 Å². The molecule has 0 saturated carbocycles. The summed E-state index contributed by atoms with van der Waals surface area (Å²) in [6.45, 7) is 0. The van der Waals surface area contributed by atoms with E-state index in [-0.39, 0.29) is 5.69 Å². The number of carboxylic acid groups (broad SMARTS) is 1. The summed E-state index contributed by atoms with van der Waals surface area (Å²) >= 11 is 5.62. The summed E-state index contributed by atoms with van der Waals surface area (Å²) in [7, 11) is 0. The molecule has 1 N–H and O–H groups in total. The maximum atomic E-state index is 10.8. The van der Waals surface area contributed by atoms with Crippen LogP contribution in [-0.2, 0) is 0 Å². The average molecular weight is 224 g/mol. The number of aromatic nitrogens is 3. The first-order valence-electron chi connectivity index (χ1n) is 4.06. The maximum absolute atomic E-state index is 10.8. The third-order valence-electron chi connectivity index (χ3n) is 1.85. The van der Waals surface area contributed by atoms with Crippen molar-refractivity contribution in [3.05, 3.63) is 41.7 Å². The molecule has 2 rings (SSSR count). The lowest BCUT2D eigenvalue weighted by Crippen LogP contribution is -2.05. The van der Waals surface area contributed by atoms with Crippen LogP contribution in [0.25, 0.3) is 5.69 Å². The highest BCUT2D eigenvalue weighted by molar-refractivity contribution is 6.29. The molecule has 0 aromatic carbocycles. The second-order valence-electron chi connectivity index (χ2n) is 2.79. The fourth-order valence-corrected chi connectivity index (χ4v) is 1.28. The molecule has 6 heteroatoms. The minimum atomic E-state index is -1.04. The Labute approximate surface area is 90.0 Å². The Morgan fingerprint density at radius 3 is 2.80 bits per heavy atom. The van der Waals surface area contributed by atoms with Gasteiger partial charge in [-0.3, -0.25) is 4.57 Å². The Bertz CT molecular complexity index is 492. The van der Waals surface area contributed by atoms with Crippen molar-refractivity contribution in [1.29, 1.82) is 0 Å². The maximum Gasteiger partial charge on any atom is 0.354 e.